The maximum atomic E-state index is 12.3. The fourth-order valence-corrected chi connectivity index (χ4v) is 3.95. The lowest BCUT2D eigenvalue weighted by atomic mass is 9.71. The molecule has 146 valence electrons. The van der Waals surface area contributed by atoms with Gasteiger partial charge in [-0.15, -0.1) is 0 Å². The average Bonchev–Trinajstić information content (AvgIpc) is 2.51. The SMILES string of the molecule is C=CC(=O)N1CCC(C(C)(C)C/C=C/C(=O)N2CC(C(C)(C)C)C2)CC1. The normalized spacial score (nSPS) is 20.3. The Morgan fingerprint density at radius 3 is 2.04 bits per heavy atom. The number of hydrogen-bond donors (Lipinski definition) is 0. The molecule has 0 aromatic carbocycles. The summed E-state index contributed by atoms with van der Waals surface area (Å²) < 4.78 is 0. The molecule has 0 radical (unpaired) electrons. The number of rotatable bonds is 5. The van der Waals surface area contributed by atoms with Crippen molar-refractivity contribution in [3.8, 4) is 0 Å². The maximum Gasteiger partial charge on any atom is 0.246 e. The Morgan fingerprint density at radius 2 is 1.54 bits per heavy atom. The summed E-state index contributed by atoms with van der Waals surface area (Å²) in [5.74, 6) is 1.37. The quantitative estimate of drug-likeness (QED) is 0.698. The van der Waals surface area contributed by atoms with E-state index in [1.807, 2.05) is 15.9 Å². The van der Waals surface area contributed by atoms with E-state index < -0.39 is 0 Å². The van der Waals surface area contributed by atoms with E-state index in [9.17, 15) is 9.59 Å². The van der Waals surface area contributed by atoms with Gasteiger partial charge in [-0.3, -0.25) is 9.59 Å². The summed E-state index contributed by atoms with van der Waals surface area (Å²) in [5, 5.41) is 0. The minimum Gasteiger partial charge on any atom is -0.339 e. The number of amides is 2. The second-order valence-electron chi connectivity index (χ2n) is 9.70. The monoisotopic (exact) mass is 360 g/mol. The molecule has 0 bridgehead atoms. The Bertz CT molecular complexity index is 557. The number of carbonyl (C=O) groups excluding carboxylic acids is 2. The molecular formula is C22H36N2O2. The van der Waals surface area contributed by atoms with Crippen molar-refractivity contribution in [1.29, 1.82) is 0 Å². The van der Waals surface area contributed by atoms with Crippen LogP contribution >= 0.6 is 0 Å². The molecule has 4 nitrogen and oxygen atoms in total. The molecule has 2 aliphatic rings. The van der Waals surface area contributed by atoms with E-state index >= 15 is 0 Å². The van der Waals surface area contributed by atoms with Crippen molar-refractivity contribution in [1.82, 2.24) is 9.80 Å². The number of allylic oxidation sites excluding steroid dienone is 1. The fourth-order valence-electron chi connectivity index (χ4n) is 3.95. The molecular weight excluding hydrogens is 324 g/mol. The van der Waals surface area contributed by atoms with E-state index in [1.54, 1.807) is 6.08 Å². The van der Waals surface area contributed by atoms with E-state index in [2.05, 4.69) is 41.2 Å². The predicted octanol–water partition coefficient (Wildman–Crippen LogP) is 3.89. The van der Waals surface area contributed by atoms with Crippen LogP contribution in [0.3, 0.4) is 0 Å². The maximum absolute atomic E-state index is 12.3. The lowest BCUT2D eigenvalue weighted by Crippen LogP contribution is -2.54. The van der Waals surface area contributed by atoms with Gasteiger partial charge in [0.15, 0.2) is 0 Å². The topological polar surface area (TPSA) is 40.6 Å². The molecule has 2 rings (SSSR count). The first-order valence-corrected chi connectivity index (χ1v) is 9.91. The lowest BCUT2D eigenvalue weighted by molar-refractivity contribution is -0.134. The first-order valence-electron chi connectivity index (χ1n) is 9.91. The average molecular weight is 361 g/mol. The zero-order chi connectivity index (χ0) is 19.5. The molecule has 2 saturated heterocycles. The third kappa shape index (κ3) is 4.99. The van der Waals surface area contributed by atoms with E-state index in [0.29, 0.717) is 11.8 Å². The van der Waals surface area contributed by atoms with Gasteiger partial charge < -0.3 is 9.80 Å². The highest BCUT2D eigenvalue weighted by atomic mass is 16.2. The van der Waals surface area contributed by atoms with Crippen molar-refractivity contribution in [2.45, 2.75) is 53.9 Å². The highest BCUT2D eigenvalue weighted by molar-refractivity contribution is 5.88. The smallest absolute Gasteiger partial charge is 0.246 e. The number of carbonyl (C=O) groups is 2. The molecule has 2 heterocycles. The number of hydrogen-bond acceptors (Lipinski definition) is 2. The van der Waals surface area contributed by atoms with Crippen molar-refractivity contribution in [3.63, 3.8) is 0 Å². The molecule has 0 spiro atoms. The Morgan fingerprint density at radius 1 is 0.962 bits per heavy atom. The van der Waals surface area contributed by atoms with Crippen LogP contribution in [0.2, 0.25) is 0 Å². The van der Waals surface area contributed by atoms with Crippen LogP contribution in [0.15, 0.2) is 24.8 Å². The molecule has 4 heteroatoms. The van der Waals surface area contributed by atoms with Gasteiger partial charge in [0, 0.05) is 26.2 Å². The molecule has 2 fully saturated rings. The van der Waals surface area contributed by atoms with Crippen molar-refractivity contribution in [3.05, 3.63) is 24.8 Å². The third-order valence-corrected chi connectivity index (χ3v) is 6.41. The van der Waals surface area contributed by atoms with Gasteiger partial charge in [0.25, 0.3) is 0 Å². The largest absolute Gasteiger partial charge is 0.339 e. The molecule has 0 N–H and O–H groups in total. The van der Waals surface area contributed by atoms with Gasteiger partial charge in [-0.2, -0.15) is 0 Å². The second kappa shape index (κ2) is 7.98. The first kappa shape index (κ1) is 20.7. The molecule has 0 aliphatic carbocycles. The van der Waals surface area contributed by atoms with Gasteiger partial charge in [0.05, 0.1) is 0 Å². The molecule has 2 aliphatic heterocycles. The Hall–Kier alpha value is -1.58. The second-order valence-corrected chi connectivity index (χ2v) is 9.70. The van der Waals surface area contributed by atoms with Gasteiger partial charge in [0.1, 0.15) is 0 Å². The minimum absolute atomic E-state index is 0.0369. The number of nitrogens with zero attached hydrogens (tertiary/aromatic N) is 2. The Kier molecular flexibility index (Phi) is 6.36. The standard InChI is InChI=1S/C22H36N2O2/c1-7-19(25)23-13-10-17(11-14-23)22(5,6)12-8-9-20(26)24-15-18(16-24)21(2,3)4/h7-9,17-18H,1,10-16H2,2-6H3/b9-8+. The summed E-state index contributed by atoms with van der Waals surface area (Å²) >= 11 is 0. The summed E-state index contributed by atoms with van der Waals surface area (Å²) in [6, 6.07) is 0. The summed E-state index contributed by atoms with van der Waals surface area (Å²) in [6.45, 7) is 18.2. The molecule has 0 atom stereocenters. The molecule has 0 aromatic heterocycles. The molecule has 0 aromatic rings. The van der Waals surface area contributed by atoms with Crippen LogP contribution in [0.25, 0.3) is 0 Å². The zero-order valence-electron chi connectivity index (χ0n) is 17.3. The van der Waals surface area contributed by atoms with Gasteiger partial charge in [-0.1, -0.05) is 47.3 Å². The number of likely N-dealkylation sites (tertiary alicyclic amines) is 2. The van der Waals surface area contributed by atoms with E-state index in [-0.39, 0.29) is 22.6 Å². The Balaban J connectivity index is 1.77. The molecule has 0 unspecified atom stereocenters. The van der Waals surface area contributed by atoms with Crippen molar-refractivity contribution in [2.24, 2.45) is 22.7 Å². The van der Waals surface area contributed by atoms with Gasteiger partial charge >= 0.3 is 0 Å². The highest BCUT2D eigenvalue weighted by Gasteiger charge is 2.37. The number of piperidine rings is 1. The van der Waals surface area contributed by atoms with Crippen molar-refractivity contribution < 1.29 is 9.59 Å². The van der Waals surface area contributed by atoms with Crippen LogP contribution in [0.1, 0.15) is 53.9 Å². The third-order valence-electron chi connectivity index (χ3n) is 6.41. The van der Waals surface area contributed by atoms with E-state index in [1.165, 1.54) is 6.08 Å². The lowest BCUT2D eigenvalue weighted by Gasteiger charge is -2.46. The van der Waals surface area contributed by atoms with Crippen LogP contribution in [0.4, 0.5) is 0 Å². The van der Waals surface area contributed by atoms with Crippen LogP contribution in [-0.2, 0) is 9.59 Å². The van der Waals surface area contributed by atoms with Gasteiger partial charge in [0.2, 0.25) is 11.8 Å². The van der Waals surface area contributed by atoms with Crippen molar-refractivity contribution >= 4 is 11.8 Å². The fraction of sp³-hybridized carbons (Fsp3) is 0.727. The van der Waals surface area contributed by atoms with E-state index in [0.717, 1.165) is 45.4 Å². The zero-order valence-corrected chi connectivity index (χ0v) is 17.3. The summed E-state index contributed by atoms with van der Waals surface area (Å²) in [4.78, 5) is 27.8. The van der Waals surface area contributed by atoms with Crippen molar-refractivity contribution in [2.75, 3.05) is 26.2 Å². The van der Waals surface area contributed by atoms with Crippen LogP contribution < -0.4 is 0 Å². The summed E-state index contributed by atoms with van der Waals surface area (Å²) in [5.41, 5.74) is 0.424. The van der Waals surface area contributed by atoms with Gasteiger partial charge in [-0.05, 0) is 54.1 Å². The Labute approximate surface area is 159 Å². The highest BCUT2D eigenvalue weighted by Crippen LogP contribution is 2.38. The van der Waals surface area contributed by atoms with Gasteiger partial charge in [-0.25, -0.2) is 0 Å². The summed E-state index contributed by atoms with van der Waals surface area (Å²) in [7, 11) is 0. The van der Waals surface area contributed by atoms with Crippen LogP contribution in [-0.4, -0.2) is 47.8 Å². The molecule has 0 saturated carbocycles. The van der Waals surface area contributed by atoms with E-state index in [4.69, 9.17) is 0 Å². The predicted molar refractivity (Wildman–Crippen MR) is 107 cm³/mol. The first-order chi connectivity index (χ1) is 12.0. The summed E-state index contributed by atoms with van der Waals surface area (Å²) in [6.07, 6.45) is 8.15. The molecule has 2 amide bonds. The van der Waals surface area contributed by atoms with Crippen LogP contribution in [0.5, 0.6) is 0 Å². The minimum atomic E-state index is 0.0369. The molecule has 26 heavy (non-hydrogen) atoms. The van der Waals surface area contributed by atoms with Crippen LogP contribution in [0, 0.1) is 22.7 Å².